The standard InChI is InChI=1S/C11H24ClNO2S/c1-2-3-4-5-6-7-10-13-16(14,15)11-8-9-12/h13H,2-11H2,1H3. The highest BCUT2D eigenvalue weighted by molar-refractivity contribution is 7.89. The van der Waals surface area contributed by atoms with Gasteiger partial charge in [0, 0.05) is 12.4 Å². The molecule has 0 aliphatic carbocycles. The maximum absolute atomic E-state index is 11.4. The molecular formula is C11H24ClNO2S. The number of unbranched alkanes of at least 4 members (excludes halogenated alkanes) is 5. The van der Waals surface area contributed by atoms with Gasteiger partial charge in [0.15, 0.2) is 0 Å². The van der Waals surface area contributed by atoms with E-state index in [-0.39, 0.29) is 5.75 Å². The Morgan fingerprint density at radius 1 is 1.00 bits per heavy atom. The molecule has 0 saturated heterocycles. The lowest BCUT2D eigenvalue weighted by Crippen LogP contribution is -2.27. The number of hydrogen-bond donors (Lipinski definition) is 1. The molecule has 16 heavy (non-hydrogen) atoms. The van der Waals surface area contributed by atoms with Crippen LogP contribution in [0.15, 0.2) is 0 Å². The first-order valence-electron chi connectivity index (χ1n) is 6.15. The number of hydrogen-bond acceptors (Lipinski definition) is 2. The van der Waals surface area contributed by atoms with Crippen molar-refractivity contribution in [1.29, 1.82) is 0 Å². The van der Waals surface area contributed by atoms with E-state index in [9.17, 15) is 8.42 Å². The summed E-state index contributed by atoms with van der Waals surface area (Å²) < 4.78 is 25.3. The first-order chi connectivity index (χ1) is 7.62. The Hall–Kier alpha value is 0.200. The summed E-state index contributed by atoms with van der Waals surface area (Å²) in [6, 6.07) is 0. The van der Waals surface area contributed by atoms with Crippen molar-refractivity contribution in [2.75, 3.05) is 18.2 Å². The molecule has 3 nitrogen and oxygen atoms in total. The Kier molecular flexibility index (Phi) is 10.5. The second-order valence-corrected chi connectivity index (χ2v) is 6.33. The van der Waals surface area contributed by atoms with Crippen LogP contribution in [0.2, 0.25) is 0 Å². The lowest BCUT2D eigenvalue weighted by Gasteiger charge is -2.05. The maximum atomic E-state index is 11.4. The van der Waals surface area contributed by atoms with Crippen LogP contribution >= 0.6 is 11.6 Å². The molecule has 0 spiro atoms. The highest BCUT2D eigenvalue weighted by Crippen LogP contribution is 2.04. The molecule has 0 saturated carbocycles. The van der Waals surface area contributed by atoms with Crippen molar-refractivity contribution in [3.05, 3.63) is 0 Å². The van der Waals surface area contributed by atoms with Crippen LogP contribution in [0.4, 0.5) is 0 Å². The third-order valence-corrected chi connectivity index (χ3v) is 4.14. The molecule has 0 aliphatic heterocycles. The van der Waals surface area contributed by atoms with Gasteiger partial charge in [0.05, 0.1) is 5.75 Å². The molecule has 5 heteroatoms. The minimum absolute atomic E-state index is 0.145. The Labute approximate surface area is 105 Å². The zero-order chi connectivity index (χ0) is 12.3. The zero-order valence-corrected chi connectivity index (χ0v) is 11.7. The molecule has 0 amide bonds. The fraction of sp³-hybridized carbons (Fsp3) is 1.00. The van der Waals surface area contributed by atoms with Crippen molar-refractivity contribution in [1.82, 2.24) is 4.72 Å². The second-order valence-electron chi connectivity index (χ2n) is 4.02. The zero-order valence-electron chi connectivity index (χ0n) is 10.2. The van der Waals surface area contributed by atoms with Gasteiger partial charge in [0.1, 0.15) is 0 Å². The van der Waals surface area contributed by atoms with Crippen LogP contribution in [0.3, 0.4) is 0 Å². The first kappa shape index (κ1) is 16.2. The van der Waals surface area contributed by atoms with Crippen LogP contribution < -0.4 is 4.72 Å². The number of rotatable bonds is 11. The highest BCUT2D eigenvalue weighted by Gasteiger charge is 2.07. The third-order valence-electron chi connectivity index (χ3n) is 2.40. The van der Waals surface area contributed by atoms with Gasteiger partial charge < -0.3 is 0 Å². The van der Waals surface area contributed by atoms with E-state index in [2.05, 4.69) is 11.6 Å². The van der Waals surface area contributed by atoms with E-state index in [1.807, 2.05) is 0 Å². The summed E-state index contributed by atoms with van der Waals surface area (Å²) in [6.45, 7) is 2.75. The van der Waals surface area contributed by atoms with Gasteiger partial charge in [-0.25, -0.2) is 13.1 Å². The lowest BCUT2D eigenvalue weighted by molar-refractivity contribution is 0.567. The molecule has 0 fully saturated rings. The van der Waals surface area contributed by atoms with Crippen LogP contribution in [0.25, 0.3) is 0 Å². The minimum atomic E-state index is -3.08. The SMILES string of the molecule is CCCCCCCCNS(=O)(=O)CCCCl. The first-order valence-corrected chi connectivity index (χ1v) is 8.34. The summed E-state index contributed by atoms with van der Waals surface area (Å²) >= 11 is 5.45. The van der Waals surface area contributed by atoms with Crippen LogP contribution in [-0.2, 0) is 10.0 Å². The van der Waals surface area contributed by atoms with E-state index >= 15 is 0 Å². The van der Waals surface area contributed by atoms with Gasteiger partial charge in [-0.3, -0.25) is 0 Å². The molecule has 0 unspecified atom stereocenters. The fourth-order valence-electron chi connectivity index (χ4n) is 1.45. The van der Waals surface area contributed by atoms with Gasteiger partial charge in [0.25, 0.3) is 0 Å². The fourth-order valence-corrected chi connectivity index (χ4v) is 2.87. The minimum Gasteiger partial charge on any atom is -0.215 e. The van der Waals surface area contributed by atoms with Gasteiger partial charge in [-0.1, -0.05) is 39.0 Å². The number of nitrogens with one attached hydrogen (secondary N) is 1. The maximum Gasteiger partial charge on any atom is 0.211 e. The van der Waals surface area contributed by atoms with Crippen LogP contribution in [-0.4, -0.2) is 26.6 Å². The second kappa shape index (κ2) is 10.4. The predicted molar refractivity (Wildman–Crippen MR) is 70.5 cm³/mol. The molecule has 98 valence electrons. The monoisotopic (exact) mass is 269 g/mol. The van der Waals surface area contributed by atoms with E-state index in [0.29, 0.717) is 18.8 Å². The molecule has 0 aromatic carbocycles. The van der Waals surface area contributed by atoms with Gasteiger partial charge in [-0.05, 0) is 12.8 Å². The van der Waals surface area contributed by atoms with E-state index in [0.717, 1.165) is 12.8 Å². The topological polar surface area (TPSA) is 46.2 Å². The molecule has 0 aromatic heterocycles. The van der Waals surface area contributed by atoms with Crippen molar-refractivity contribution in [3.63, 3.8) is 0 Å². The van der Waals surface area contributed by atoms with E-state index in [1.54, 1.807) is 0 Å². The van der Waals surface area contributed by atoms with Gasteiger partial charge >= 0.3 is 0 Å². The average molecular weight is 270 g/mol. The number of alkyl halides is 1. The van der Waals surface area contributed by atoms with Crippen LogP contribution in [0, 0.1) is 0 Å². The van der Waals surface area contributed by atoms with Crippen molar-refractivity contribution in [2.24, 2.45) is 0 Å². The van der Waals surface area contributed by atoms with Crippen molar-refractivity contribution in [3.8, 4) is 0 Å². The Balaban J connectivity index is 3.36. The Morgan fingerprint density at radius 2 is 1.62 bits per heavy atom. The molecule has 0 rings (SSSR count). The summed E-state index contributed by atoms with van der Waals surface area (Å²) in [5.74, 6) is 0.546. The quantitative estimate of drug-likeness (QED) is 0.463. The average Bonchev–Trinajstić information content (AvgIpc) is 2.25. The van der Waals surface area contributed by atoms with Gasteiger partial charge in [-0.15, -0.1) is 11.6 Å². The number of halogens is 1. The largest absolute Gasteiger partial charge is 0.215 e. The van der Waals surface area contributed by atoms with E-state index in [4.69, 9.17) is 11.6 Å². The Bertz CT molecular complexity index is 242. The van der Waals surface area contributed by atoms with Crippen molar-refractivity contribution >= 4 is 21.6 Å². The summed E-state index contributed by atoms with van der Waals surface area (Å²) in [5.41, 5.74) is 0. The smallest absolute Gasteiger partial charge is 0.211 e. The summed E-state index contributed by atoms with van der Waals surface area (Å²) in [7, 11) is -3.08. The molecule has 0 aromatic rings. The van der Waals surface area contributed by atoms with Gasteiger partial charge in [0.2, 0.25) is 10.0 Å². The molecular weight excluding hydrogens is 246 g/mol. The van der Waals surface area contributed by atoms with Crippen molar-refractivity contribution in [2.45, 2.75) is 51.9 Å². The van der Waals surface area contributed by atoms with E-state index < -0.39 is 10.0 Å². The van der Waals surface area contributed by atoms with Crippen LogP contribution in [0.1, 0.15) is 51.9 Å². The number of sulfonamides is 1. The summed E-state index contributed by atoms with van der Waals surface area (Å²) in [5, 5.41) is 0. The summed E-state index contributed by atoms with van der Waals surface area (Å²) in [4.78, 5) is 0. The predicted octanol–water partition coefficient (Wildman–Crippen LogP) is 2.90. The molecule has 0 atom stereocenters. The molecule has 1 N–H and O–H groups in total. The normalized spacial score (nSPS) is 11.9. The molecule has 0 bridgehead atoms. The van der Waals surface area contributed by atoms with Gasteiger partial charge in [-0.2, -0.15) is 0 Å². The lowest BCUT2D eigenvalue weighted by atomic mass is 10.1. The Morgan fingerprint density at radius 3 is 2.25 bits per heavy atom. The molecule has 0 aliphatic rings. The highest BCUT2D eigenvalue weighted by atomic mass is 35.5. The molecule has 0 radical (unpaired) electrons. The third kappa shape index (κ3) is 10.7. The van der Waals surface area contributed by atoms with E-state index in [1.165, 1.54) is 25.7 Å². The van der Waals surface area contributed by atoms with Crippen molar-refractivity contribution < 1.29 is 8.42 Å². The van der Waals surface area contributed by atoms with Crippen LogP contribution in [0.5, 0.6) is 0 Å². The summed E-state index contributed by atoms with van der Waals surface area (Å²) in [6.07, 6.45) is 7.55. The molecule has 0 heterocycles.